The van der Waals surface area contributed by atoms with Crippen molar-refractivity contribution < 1.29 is 24.1 Å². The molecule has 1 aromatic carbocycles. The Morgan fingerprint density at radius 3 is 2.34 bits per heavy atom. The number of rotatable bonds is 12. The first-order chi connectivity index (χ1) is 16.5. The molecule has 8 heteroatoms. The molecule has 0 unspecified atom stereocenters. The molecule has 2 N–H and O–H groups in total. The molecule has 0 bridgehead atoms. The predicted octanol–water partition coefficient (Wildman–Crippen LogP) is 4.58. The molecule has 192 valence electrons. The molecule has 0 spiro atoms. The Morgan fingerprint density at radius 2 is 1.77 bits per heavy atom. The SMILES string of the molecule is CC(C)CCOC(=O)C[C@H](O)C[C@H](O)/C=C/c1c(-c2ccc(F)cc2)nc(N(C)C)nc1C(C)C. The third kappa shape index (κ3) is 9.03. The summed E-state index contributed by atoms with van der Waals surface area (Å²) in [6, 6.07) is 6.06. The van der Waals surface area contributed by atoms with Crippen LogP contribution in [0.1, 0.15) is 64.1 Å². The third-order valence-corrected chi connectivity index (χ3v) is 5.39. The second kappa shape index (κ2) is 13.3. The maximum absolute atomic E-state index is 13.5. The fraction of sp³-hybridized carbons (Fsp3) is 0.519. The van der Waals surface area contributed by atoms with Crippen molar-refractivity contribution in [3.8, 4) is 11.3 Å². The molecule has 1 heterocycles. The average Bonchev–Trinajstić information content (AvgIpc) is 2.77. The lowest BCUT2D eigenvalue weighted by molar-refractivity contribution is -0.146. The molecular weight excluding hydrogens is 449 g/mol. The van der Waals surface area contributed by atoms with Crippen LogP contribution in [0.4, 0.5) is 10.3 Å². The zero-order valence-electron chi connectivity index (χ0n) is 21.5. The number of aromatic nitrogens is 2. The number of hydrogen-bond acceptors (Lipinski definition) is 7. The van der Waals surface area contributed by atoms with Gasteiger partial charge in [-0.3, -0.25) is 4.79 Å². The maximum atomic E-state index is 13.5. The minimum atomic E-state index is -1.03. The first-order valence-corrected chi connectivity index (χ1v) is 12.0. The van der Waals surface area contributed by atoms with Crippen LogP contribution in [0.3, 0.4) is 0 Å². The summed E-state index contributed by atoms with van der Waals surface area (Å²) in [5, 5.41) is 20.7. The number of aliphatic hydroxyl groups excluding tert-OH is 2. The molecule has 2 atom stereocenters. The van der Waals surface area contributed by atoms with Gasteiger partial charge in [-0.25, -0.2) is 14.4 Å². The van der Waals surface area contributed by atoms with Gasteiger partial charge < -0.3 is 19.8 Å². The van der Waals surface area contributed by atoms with Crippen LogP contribution in [0.25, 0.3) is 17.3 Å². The lowest BCUT2D eigenvalue weighted by Crippen LogP contribution is -2.21. The number of benzene rings is 1. The van der Waals surface area contributed by atoms with Gasteiger partial charge in [0, 0.05) is 31.6 Å². The summed E-state index contributed by atoms with van der Waals surface area (Å²) in [6.45, 7) is 8.42. The van der Waals surface area contributed by atoms with Crippen molar-refractivity contribution in [3.05, 3.63) is 47.4 Å². The standard InChI is InChI=1S/C27H38FN3O4/c1-17(2)13-14-35-24(34)16-22(33)15-21(32)11-12-23-25(18(3)4)29-27(31(5)6)30-26(23)19-7-9-20(28)10-8-19/h7-12,17-18,21-22,32-33H,13-16H2,1-6H3/b12-11+/t21-,22-/m1/s1. The highest BCUT2D eigenvalue weighted by Crippen LogP contribution is 2.31. The molecule has 1 aromatic heterocycles. The fourth-order valence-electron chi connectivity index (χ4n) is 3.41. The van der Waals surface area contributed by atoms with Gasteiger partial charge in [-0.05, 0) is 42.5 Å². The van der Waals surface area contributed by atoms with Crippen molar-refractivity contribution in [2.24, 2.45) is 5.92 Å². The molecular formula is C27H38FN3O4. The van der Waals surface area contributed by atoms with E-state index in [1.807, 2.05) is 41.8 Å². The molecule has 0 aliphatic carbocycles. The van der Waals surface area contributed by atoms with E-state index in [0.717, 1.165) is 17.7 Å². The zero-order valence-corrected chi connectivity index (χ0v) is 21.5. The maximum Gasteiger partial charge on any atom is 0.308 e. The van der Waals surface area contributed by atoms with E-state index >= 15 is 0 Å². The normalized spacial score (nSPS) is 13.5. The summed E-state index contributed by atoms with van der Waals surface area (Å²) in [6.07, 6.45) is 1.82. The number of nitrogens with zero attached hydrogens (tertiary/aromatic N) is 3. The van der Waals surface area contributed by atoms with Gasteiger partial charge in [-0.1, -0.05) is 39.8 Å². The van der Waals surface area contributed by atoms with Crippen molar-refractivity contribution in [2.45, 2.75) is 65.1 Å². The molecule has 0 amide bonds. The Kier molecular flexibility index (Phi) is 10.8. The molecule has 0 aliphatic heterocycles. The Bertz CT molecular complexity index is 991. The van der Waals surface area contributed by atoms with Crippen molar-refractivity contribution >= 4 is 18.0 Å². The lowest BCUT2D eigenvalue weighted by atomic mass is 9.97. The van der Waals surface area contributed by atoms with Crippen LogP contribution < -0.4 is 4.90 Å². The van der Waals surface area contributed by atoms with Gasteiger partial charge in [0.05, 0.1) is 36.6 Å². The largest absolute Gasteiger partial charge is 0.466 e. The zero-order chi connectivity index (χ0) is 26.1. The van der Waals surface area contributed by atoms with Gasteiger partial charge in [-0.15, -0.1) is 0 Å². The van der Waals surface area contributed by atoms with Crippen LogP contribution in [0.2, 0.25) is 0 Å². The highest BCUT2D eigenvalue weighted by Gasteiger charge is 2.19. The molecule has 0 saturated carbocycles. The molecule has 2 rings (SSSR count). The van der Waals surface area contributed by atoms with Crippen molar-refractivity contribution in [3.63, 3.8) is 0 Å². The Morgan fingerprint density at radius 1 is 1.11 bits per heavy atom. The van der Waals surface area contributed by atoms with Crippen LogP contribution in [0, 0.1) is 11.7 Å². The summed E-state index contributed by atoms with van der Waals surface area (Å²) in [5.74, 6) is 0.175. The van der Waals surface area contributed by atoms with Gasteiger partial charge in [-0.2, -0.15) is 0 Å². The first-order valence-electron chi connectivity index (χ1n) is 12.0. The van der Waals surface area contributed by atoms with Crippen molar-refractivity contribution in [2.75, 3.05) is 25.6 Å². The van der Waals surface area contributed by atoms with E-state index in [1.165, 1.54) is 12.1 Å². The average molecular weight is 488 g/mol. The van der Waals surface area contributed by atoms with E-state index in [2.05, 4.69) is 4.98 Å². The summed E-state index contributed by atoms with van der Waals surface area (Å²) in [4.78, 5) is 23.1. The van der Waals surface area contributed by atoms with Crippen LogP contribution in [-0.4, -0.2) is 59.1 Å². The summed E-state index contributed by atoms with van der Waals surface area (Å²) >= 11 is 0. The smallest absolute Gasteiger partial charge is 0.308 e. The predicted molar refractivity (Wildman–Crippen MR) is 137 cm³/mol. The van der Waals surface area contributed by atoms with E-state index in [4.69, 9.17) is 9.72 Å². The minimum absolute atomic E-state index is 0.0185. The molecule has 0 radical (unpaired) electrons. The van der Waals surface area contributed by atoms with Crippen LogP contribution in [0.15, 0.2) is 30.3 Å². The Labute approximate surface area is 207 Å². The number of ether oxygens (including phenoxy) is 1. The van der Waals surface area contributed by atoms with Gasteiger partial charge in [0.1, 0.15) is 5.82 Å². The lowest BCUT2D eigenvalue weighted by Gasteiger charge is -2.19. The Balaban J connectivity index is 2.24. The number of esters is 1. The summed E-state index contributed by atoms with van der Waals surface area (Å²) in [5.41, 5.74) is 2.82. The first kappa shape index (κ1) is 28.4. The number of carbonyl (C=O) groups excluding carboxylic acids is 1. The second-order valence-corrected chi connectivity index (χ2v) is 9.65. The number of hydrogen-bond donors (Lipinski definition) is 2. The van der Waals surface area contributed by atoms with Crippen LogP contribution in [0.5, 0.6) is 0 Å². The van der Waals surface area contributed by atoms with Crippen molar-refractivity contribution in [1.82, 2.24) is 9.97 Å². The molecule has 7 nitrogen and oxygen atoms in total. The van der Waals surface area contributed by atoms with Gasteiger partial charge >= 0.3 is 5.97 Å². The highest BCUT2D eigenvalue weighted by atomic mass is 19.1. The monoisotopic (exact) mass is 487 g/mol. The van der Waals surface area contributed by atoms with Crippen molar-refractivity contribution in [1.29, 1.82) is 0 Å². The quantitative estimate of drug-likeness (QED) is 0.423. The highest BCUT2D eigenvalue weighted by molar-refractivity contribution is 5.75. The van der Waals surface area contributed by atoms with Gasteiger partial charge in [0.2, 0.25) is 5.95 Å². The van der Waals surface area contributed by atoms with E-state index in [-0.39, 0.29) is 24.6 Å². The summed E-state index contributed by atoms with van der Waals surface area (Å²) in [7, 11) is 3.70. The fourth-order valence-corrected chi connectivity index (χ4v) is 3.41. The molecule has 35 heavy (non-hydrogen) atoms. The van der Waals surface area contributed by atoms with E-state index in [9.17, 15) is 19.4 Å². The molecule has 0 saturated heterocycles. The van der Waals surface area contributed by atoms with Gasteiger partial charge in [0.15, 0.2) is 0 Å². The molecule has 0 aliphatic rings. The molecule has 0 fully saturated rings. The van der Waals surface area contributed by atoms with E-state index < -0.39 is 18.2 Å². The third-order valence-electron chi connectivity index (χ3n) is 5.39. The molecule has 2 aromatic rings. The van der Waals surface area contributed by atoms with E-state index in [0.29, 0.717) is 29.7 Å². The number of aliphatic hydroxyl groups is 2. The minimum Gasteiger partial charge on any atom is -0.466 e. The number of anilines is 1. The summed E-state index contributed by atoms with van der Waals surface area (Å²) < 4.78 is 18.7. The number of carbonyl (C=O) groups is 1. The van der Waals surface area contributed by atoms with E-state index in [1.54, 1.807) is 29.2 Å². The van der Waals surface area contributed by atoms with Crippen LogP contribution >= 0.6 is 0 Å². The number of halogens is 1. The van der Waals surface area contributed by atoms with Crippen LogP contribution in [-0.2, 0) is 9.53 Å². The Hall–Kier alpha value is -2.84. The topological polar surface area (TPSA) is 95.8 Å². The second-order valence-electron chi connectivity index (χ2n) is 9.65. The van der Waals surface area contributed by atoms with Gasteiger partial charge in [0.25, 0.3) is 0 Å².